The van der Waals surface area contributed by atoms with Crippen LogP contribution in [-0.2, 0) is 20.3 Å². The molecular weight excluding hydrogens is 366 g/mol. The number of rotatable bonds is 6. The Morgan fingerprint density at radius 2 is 1.92 bits per heavy atom. The predicted molar refractivity (Wildman–Crippen MR) is 95.7 cm³/mol. The molecule has 0 radical (unpaired) electrons. The number of ether oxygens (including phenoxy) is 2. The highest BCUT2D eigenvalue weighted by Crippen LogP contribution is 2.27. The Kier molecular flexibility index (Phi) is 6.55. The third-order valence-electron chi connectivity index (χ3n) is 3.19. The number of nitrogens with one attached hydrogen (secondary N) is 1. The molecule has 0 saturated carbocycles. The molecule has 8 heteroatoms. The van der Waals surface area contributed by atoms with Crippen LogP contribution in [0, 0.1) is 0 Å². The van der Waals surface area contributed by atoms with Gasteiger partial charge >= 0.3 is 5.97 Å². The molecule has 132 valence electrons. The third-order valence-corrected chi connectivity index (χ3v) is 4.40. The summed E-state index contributed by atoms with van der Waals surface area (Å²) >= 11 is 5.89. The number of hydrogen-bond acceptors (Lipinski definition) is 5. The van der Waals surface area contributed by atoms with E-state index in [0.717, 1.165) is 0 Å². The van der Waals surface area contributed by atoms with E-state index < -0.39 is 29.3 Å². The highest BCUT2D eigenvalue weighted by molar-refractivity contribution is 7.84. The number of carbonyl (C=O) groups excluding carboxylic acids is 2. The molecule has 0 spiro atoms. The number of benzene rings is 2. The van der Waals surface area contributed by atoms with E-state index in [1.54, 1.807) is 30.3 Å². The third kappa shape index (κ3) is 5.04. The van der Waals surface area contributed by atoms with Gasteiger partial charge in [0.15, 0.2) is 6.61 Å². The van der Waals surface area contributed by atoms with Gasteiger partial charge in [-0.1, -0.05) is 23.7 Å². The van der Waals surface area contributed by atoms with Gasteiger partial charge in [0.1, 0.15) is 5.75 Å². The quantitative estimate of drug-likeness (QED) is 0.778. The summed E-state index contributed by atoms with van der Waals surface area (Å²) in [5.41, 5.74) is 0.530. The molecule has 2 aromatic rings. The van der Waals surface area contributed by atoms with Gasteiger partial charge in [0.25, 0.3) is 5.91 Å². The van der Waals surface area contributed by atoms with Crippen LogP contribution in [0.15, 0.2) is 47.4 Å². The Labute approximate surface area is 152 Å². The molecule has 0 fully saturated rings. The second-order valence-electron chi connectivity index (χ2n) is 4.92. The molecule has 0 aliphatic rings. The van der Waals surface area contributed by atoms with Crippen LogP contribution in [0.5, 0.6) is 5.75 Å². The van der Waals surface area contributed by atoms with Crippen molar-refractivity contribution in [2.24, 2.45) is 0 Å². The van der Waals surface area contributed by atoms with Crippen molar-refractivity contribution in [3.8, 4) is 5.75 Å². The molecule has 0 unspecified atom stereocenters. The topological polar surface area (TPSA) is 81.7 Å². The van der Waals surface area contributed by atoms with Crippen LogP contribution in [0.2, 0.25) is 5.02 Å². The zero-order valence-corrected chi connectivity index (χ0v) is 15.1. The normalized spacial score (nSPS) is 11.5. The summed E-state index contributed by atoms with van der Waals surface area (Å²) in [5, 5.41) is 2.98. The molecule has 0 aliphatic carbocycles. The van der Waals surface area contributed by atoms with Gasteiger partial charge in [0.05, 0.1) is 34.1 Å². The largest absolute Gasteiger partial charge is 0.495 e. The molecule has 0 aliphatic heterocycles. The molecule has 1 N–H and O–H groups in total. The second-order valence-corrected chi connectivity index (χ2v) is 6.70. The zero-order valence-electron chi connectivity index (χ0n) is 13.6. The van der Waals surface area contributed by atoms with E-state index in [1.165, 1.54) is 25.5 Å². The Balaban J connectivity index is 2.02. The van der Waals surface area contributed by atoms with Crippen molar-refractivity contribution >= 4 is 40.0 Å². The number of methoxy groups -OCH3 is 1. The van der Waals surface area contributed by atoms with Crippen molar-refractivity contribution in [2.45, 2.75) is 4.90 Å². The summed E-state index contributed by atoms with van der Waals surface area (Å²) in [6.45, 7) is -0.501. The molecule has 25 heavy (non-hydrogen) atoms. The molecule has 6 nitrogen and oxygen atoms in total. The van der Waals surface area contributed by atoms with E-state index in [0.29, 0.717) is 21.4 Å². The van der Waals surface area contributed by atoms with Gasteiger partial charge in [-0.2, -0.15) is 0 Å². The summed E-state index contributed by atoms with van der Waals surface area (Å²) in [5.74, 6) is -0.848. The molecule has 0 heterocycles. The number of anilines is 1. The highest BCUT2D eigenvalue weighted by Gasteiger charge is 2.16. The smallest absolute Gasteiger partial charge is 0.339 e. The molecule has 0 bridgehead atoms. The number of hydrogen-bond donors (Lipinski definition) is 1. The number of carbonyl (C=O) groups is 2. The lowest BCUT2D eigenvalue weighted by atomic mass is 10.2. The Morgan fingerprint density at radius 3 is 2.60 bits per heavy atom. The van der Waals surface area contributed by atoms with Crippen LogP contribution in [-0.4, -0.2) is 36.1 Å². The molecule has 2 aromatic carbocycles. The van der Waals surface area contributed by atoms with E-state index in [1.807, 2.05) is 0 Å². The predicted octanol–water partition coefficient (Wildman–Crippen LogP) is 2.88. The van der Waals surface area contributed by atoms with Gasteiger partial charge < -0.3 is 14.8 Å². The average Bonchev–Trinajstić information content (AvgIpc) is 2.60. The summed E-state index contributed by atoms with van der Waals surface area (Å²) in [7, 11) is 0.113. The second kappa shape index (κ2) is 8.64. The lowest BCUT2D eigenvalue weighted by Crippen LogP contribution is -2.21. The van der Waals surface area contributed by atoms with Gasteiger partial charge in [-0.15, -0.1) is 0 Å². The first-order chi connectivity index (χ1) is 11.9. The minimum absolute atomic E-state index is 0.163. The lowest BCUT2D eigenvalue weighted by Gasteiger charge is -2.11. The summed E-state index contributed by atoms with van der Waals surface area (Å²) in [4.78, 5) is 24.5. The van der Waals surface area contributed by atoms with E-state index >= 15 is 0 Å². The van der Waals surface area contributed by atoms with Crippen molar-refractivity contribution in [3.05, 3.63) is 53.1 Å². The first kappa shape index (κ1) is 19.0. The molecular formula is C17H16ClNO5S. The summed E-state index contributed by atoms with van der Waals surface area (Å²) < 4.78 is 21.8. The monoisotopic (exact) mass is 381 g/mol. The Bertz CT molecular complexity index is 824. The van der Waals surface area contributed by atoms with E-state index in [9.17, 15) is 13.8 Å². The molecule has 1 amide bonds. The van der Waals surface area contributed by atoms with Gasteiger partial charge in [-0.05, 0) is 30.3 Å². The number of halogens is 1. The van der Waals surface area contributed by atoms with Crippen LogP contribution < -0.4 is 10.1 Å². The zero-order chi connectivity index (χ0) is 18.4. The lowest BCUT2D eigenvalue weighted by molar-refractivity contribution is -0.119. The fraction of sp³-hybridized carbons (Fsp3) is 0.176. The Morgan fingerprint density at radius 1 is 1.20 bits per heavy atom. The SMILES string of the molecule is COc1ccc(Cl)cc1NC(=O)COC(=O)c1ccccc1[S@@](C)=O. The fourth-order valence-electron chi connectivity index (χ4n) is 2.06. The van der Waals surface area contributed by atoms with Crippen LogP contribution in [0.25, 0.3) is 0 Å². The van der Waals surface area contributed by atoms with E-state index in [2.05, 4.69) is 5.32 Å². The van der Waals surface area contributed by atoms with Crippen molar-refractivity contribution in [1.82, 2.24) is 0 Å². The molecule has 1 atom stereocenters. The average molecular weight is 382 g/mol. The first-order valence-electron chi connectivity index (χ1n) is 7.15. The highest BCUT2D eigenvalue weighted by atomic mass is 35.5. The van der Waals surface area contributed by atoms with Crippen molar-refractivity contribution in [1.29, 1.82) is 0 Å². The molecule has 2 rings (SSSR count). The van der Waals surface area contributed by atoms with E-state index in [4.69, 9.17) is 21.1 Å². The maximum Gasteiger partial charge on any atom is 0.339 e. The summed E-state index contributed by atoms with van der Waals surface area (Å²) in [6, 6.07) is 11.1. The van der Waals surface area contributed by atoms with Crippen LogP contribution in [0.1, 0.15) is 10.4 Å². The van der Waals surface area contributed by atoms with Crippen LogP contribution in [0.4, 0.5) is 5.69 Å². The van der Waals surface area contributed by atoms with Gasteiger partial charge in [-0.3, -0.25) is 9.00 Å². The van der Waals surface area contributed by atoms with Gasteiger partial charge in [0, 0.05) is 11.3 Å². The molecule has 0 aromatic heterocycles. The van der Waals surface area contributed by atoms with Crippen molar-refractivity contribution < 1.29 is 23.3 Å². The minimum atomic E-state index is -1.35. The Hall–Kier alpha value is -2.38. The summed E-state index contributed by atoms with van der Waals surface area (Å²) in [6.07, 6.45) is 1.46. The number of esters is 1. The van der Waals surface area contributed by atoms with Gasteiger partial charge in [-0.25, -0.2) is 4.79 Å². The first-order valence-corrected chi connectivity index (χ1v) is 9.09. The van der Waals surface area contributed by atoms with E-state index in [-0.39, 0.29) is 5.56 Å². The standard InChI is InChI=1S/C17H16ClNO5S/c1-23-14-8-7-11(18)9-13(14)19-16(20)10-24-17(21)12-5-3-4-6-15(12)25(2)22/h3-9H,10H2,1-2H3,(H,19,20)/t25-/m1/s1. The van der Waals surface area contributed by atoms with Crippen LogP contribution >= 0.6 is 11.6 Å². The maximum atomic E-state index is 12.1. The molecule has 0 saturated heterocycles. The van der Waals surface area contributed by atoms with Crippen LogP contribution in [0.3, 0.4) is 0 Å². The minimum Gasteiger partial charge on any atom is -0.495 e. The fourth-order valence-corrected chi connectivity index (χ4v) is 2.96. The van der Waals surface area contributed by atoms with Crippen molar-refractivity contribution in [3.63, 3.8) is 0 Å². The number of amides is 1. The van der Waals surface area contributed by atoms with Crippen molar-refractivity contribution in [2.75, 3.05) is 25.3 Å². The maximum absolute atomic E-state index is 12.1. The van der Waals surface area contributed by atoms with Gasteiger partial charge in [0.2, 0.25) is 0 Å².